The van der Waals surface area contributed by atoms with Crippen LogP contribution in [0.4, 0.5) is 0 Å². The van der Waals surface area contributed by atoms with E-state index < -0.39 is 0 Å². The maximum atomic E-state index is 9.43. The molecule has 0 aromatic heterocycles. The molecule has 1 fully saturated rings. The lowest BCUT2D eigenvalue weighted by atomic mass is 9.88. The molecule has 2 aromatic rings. The molecule has 2 nitrogen and oxygen atoms in total. The predicted molar refractivity (Wildman–Crippen MR) is 108 cm³/mol. The highest BCUT2D eigenvalue weighted by Gasteiger charge is 2.24. The summed E-state index contributed by atoms with van der Waals surface area (Å²) in [7, 11) is 0. The third-order valence-corrected chi connectivity index (χ3v) is 5.24. The van der Waals surface area contributed by atoms with E-state index in [9.17, 15) is 5.26 Å². The van der Waals surface area contributed by atoms with Gasteiger partial charge in [0.25, 0.3) is 0 Å². The van der Waals surface area contributed by atoms with Gasteiger partial charge in [-0.25, -0.2) is 0 Å². The summed E-state index contributed by atoms with van der Waals surface area (Å²) >= 11 is 0. The highest BCUT2D eigenvalue weighted by Crippen LogP contribution is 2.39. The molecule has 4 rings (SSSR count). The van der Waals surface area contributed by atoms with E-state index in [4.69, 9.17) is 0 Å². The molecule has 26 heavy (non-hydrogen) atoms. The number of nitriles is 1. The molecule has 0 atom stereocenters. The minimum atomic E-state index is 0.709. The van der Waals surface area contributed by atoms with Gasteiger partial charge in [-0.05, 0) is 53.6 Å². The number of hydrogen-bond acceptors (Lipinski definition) is 2. The van der Waals surface area contributed by atoms with E-state index in [1.54, 1.807) is 0 Å². The molecule has 2 aromatic carbocycles. The lowest BCUT2D eigenvalue weighted by Gasteiger charge is -2.34. The Labute approximate surface area is 155 Å². The third-order valence-electron chi connectivity index (χ3n) is 5.24. The largest absolute Gasteiger partial charge is 0.371 e. The van der Waals surface area contributed by atoms with Crippen LogP contribution in [0.25, 0.3) is 17.7 Å². The second-order valence-corrected chi connectivity index (χ2v) is 6.85. The molecule has 128 valence electrons. The Morgan fingerprint density at radius 1 is 1.04 bits per heavy atom. The van der Waals surface area contributed by atoms with Crippen molar-refractivity contribution in [2.24, 2.45) is 0 Å². The molecule has 0 amide bonds. The average Bonchev–Trinajstić information content (AvgIpc) is 2.85. The lowest BCUT2D eigenvalue weighted by molar-refractivity contribution is 0.319. The van der Waals surface area contributed by atoms with Crippen molar-refractivity contribution in [2.45, 2.75) is 19.3 Å². The molecule has 1 aliphatic carbocycles. The van der Waals surface area contributed by atoms with Gasteiger partial charge in [0.2, 0.25) is 0 Å². The number of allylic oxidation sites excluding steroid dienone is 1. The number of rotatable bonds is 2. The van der Waals surface area contributed by atoms with Gasteiger partial charge >= 0.3 is 0 Å². The second-order valence-electron chi connectivity index (χ2n) is 6.85. The first-order valence-corrected chi connectivity index (χ1v) is 9.23. The van der Waals surface area contributed by atoms with Crippen LogP contribution in [0.5, 0.6) is 0 Å². The fraction of sp³-hybridized carbons (Fsp3) is 0.208. The van der Waals surface area contributed by atoms with Crippen LogP contribution in [-0.2, 0) is 0 Å². The van der Waals surface area contributed by atoms with Gasteiger partial charge in [-0.3, -0.25) is 0 Å². The summed E-state index contributed by atoms with van der Waals surface area (Å²) < 4.78 is 0. The number of piperidine rings is 1. The molecule has 1 heterocycles. The Kier molecular flexibility index (Phi) is 4.46. The minimum absolute atomic E-state index is 0.709. The van der Waals surface area contributed by atoms with Gasteiger partial charge in [-0.2, -0.15) is 5.26 Å². The fourth-order valence-electron chi connectivity index (χ4n) is 4.02. The van der Waals surface area contributed by atoms with Gasteiger partial charge in [-0.15, -0.1) is 6.58 Å². The molecule has 2 aliphatic rings. The van der Waals surface area contributed by atoms with E-state index in [2.05, 4.69) is 60.0 Å². The minimum Gasteiger partial charge on any atom is -0.371 e. The van der Waals surface area contributed by atoms with Gasteiger partial charge in [0.05, 0.1) is 11.6 Å². The molecule has 1 aliphatic heterocycles. The molecule has 0 spiro atoms. The van der Waals surface area contributed by atoms with Crippen molar-refractivity contribution in [3.63, 3.8) is 0 Å². The molecule has 0 radical (unpaired) electrons. The van der Waals surface area contributed by atoms with E-state index in [1.807, 2.05) is 18.2 Å². The van der Waals surface area contributed by atoms with Crippen molar-refractivity contribution in [3.8, 4) is 6.07 Å². The number of fused-ring (bicyclic) bond motifs is 2. The maximum Gasteiger partial charge on any atom is 0.0991 e. The Bertz CT molecular complexity index is 956. The predicted octanol–water partition coefficient (Wildman–Crippen LogP) is 5.47. The van der Waals surface area contributed by atoms with Crippen LogP contribution >= 0.6 is 0 Å². The summed E-state index contributed by atoms with van der Waals surface area (Å²) in [5, 5.41) is 9.43. The number of benzene rings is 2. The first-order valence-electron chi connectivity index (χ1n) is 9.23. The molecule has 0 saturated carbocycles. The third kappa shape index (κ3) is 2.86. The zero-order valence-corrected chi connectivity index (χ0v) is 14.9. The van der Waals surface area contributed by atoms with Crippen molar-refractivity contribution < 1.29 is 0 Å². The molecular formula is C24H22N2. The van der Waals surface area contributed by atoms with Crippen LogP contribution < -0.4 is 0 Å². The van der Waals surface area contributed by atoms with E-state index in [-0.39, 0.29) is 0 Å². The summed E-state index contributed by atoms with van der Waals surface area (Å²) in [6.07, 6.45) is 9.83. The summed E-state index contributed by atoms with van der Waals surface area (Å²) in [5.41, 5.74) is 8.18. The maximum absolute atomic E-state index is 9.43. The Balaban J connectivity index is 2.03. The van der Waals surface area contributed by atoms with Gasteiger partial charge in [0.1, 0.15) is 0 Å². The number of nitrogens with zero attached hydrogens (tertiary/aromatic N) is 2. The van der Waals surface area contributed by atoms with Crippen LogP contribution in [0.1, 0.15) is 47.1 Å². The lowest BCUT2D eigenvalue weighted by Crippen LogP contribution is -2.29. The van der Waals surface area contributed by atoms with Gasteiger partial charge in [0.15, 0.2) is 0 Å². The van der Waals surface area contributed by atoms with Crippen molar-refractivity contribution in [2.75, 3.05) is 13.1 Å². The molecule has 0 N–H and O–H groups in total. The van der Waals surface area contributed by atoms with Crippen molar-refractivity contribution in [3.05, 3.63) is 88.6 Å². The number of hydrogen-bond donors (Lipinski definition) is 0. The van der Waals surface area contributed by atoms with Crippen molar-refractivity contribution in [1.29, 1.82) is 5.26 Å². The Morgan fingerprint density at radius 3 is 2.65 bits per heavy atom. The molecule has 2 heteroatoms. The SMILES string of the molecule is C=CCN1CCCCC1=C1c2ccccc2C=Cc2ccc(C#N)cc21. The van der Waals surface area contributed by atoms with Crippen LogP contribution in [0, 0.1) is 11.3 Å². The Hall–Kier alpha value is -3.05. The molecule has 0 unspecified atom stereocenters. The summed E-state index contributed by atoms with van der Waals surface area (Å²) in [6, 6.07) is 16.9. The van der Waals surface area contributed by atoms with Gasteiger partial charge in [-0.1, -0.05) is 48.6 Å². The molecule has 1 saturated heterocycles. The first kappa shape index (κ1) is 16.4. The quantitative estimate of drug-likeness (QED) is 0.579. The molecular weight excluding hydrogens is 316 g/mol. The van der Waals surface area contributed by atoms with E-state index in [0.29, 0.717) is 5.56 Å². The van der Waals surface area contributed by atoms with Gasteiger partial charge < -0.3 is 4.90 Å². The highest BCUT2D eigenvalue weighted by atomic mass is 15.1. The first-order chi connectivity index (χ1) is 12.8. The summed E-state index contributed by atoms with van der Waals surface area (Å²) in [5.74, 6) is 0. The standard InChI is InChI=1S/C24H22N2/c1-2-14-26-15-6-5-9-23(26)24-21-8-4-3-7-19(21)12-13-20-11-10-18(17-25)16-22(20)24/h2-4,7-8,10-13,16H,1,5-6,9,14-15H2. The van der Waals surface area contributed by atoms with Gasteiger partial charge in [0, 0.05) is 24.4 Å². The van der Waals surface area contributed by atoms with E-state index >= 15 is 0 Å². The normalized spacial score (nSPS) is 18.5. The zero-order chi connectivity index (χ0) is 17.9. The van der Waals surface area contributed by atoms with Crippen LogP contribution in [0.15, 0.2) is 60.8 Å². The topological polar surface area (TPSA) is 27.0 Å². The summed E-state index contributed by atoms with van der Waals surface area (Å²) in [6.45, 7) is 5.88. The average molecular weight is 338 g/mol. The fourth-order valence-corrected chi connectivity index (χ4v) is 4.02. The number of likely N-dealkylation sites (tertiary alicyclic amines) is 1. The van der Waals surface area contributed by atoms with Crippen LogP contribution in [0.2, 0.25) is 0 Å². The monoisotopic (exact) mass is 338 g/mol. The van der Waals surface area contributed by atoms with E-state index in [1.165, 1.54) is 40.8 Å². The van der Waals surface area contributed by atoms with Crippen molar-refractivity contribution >= 4 is 17.7 Å². The Morgan fingerprint density at radius 2 is 1.85 bits per heavy atom. The highest BCUT2D eigenvalue weighted by molar-refractivity contribution is 5.95. The van der Waals surface area contributed by atoms with E-state index in [0.717, 1.165) is 25.1 Å². The smallest absolute Gasteiger partial charge is 0.0991 e. The van der Waals surface area contributed by atoms with Crippen molar-refractivity contribution in [1.82, 2.24) is 4.90 Å². The van der Waals surface area contributed by atoms with Crippen LogP contribution in [0.3, 0.4) is 0 Å². The molecule has 0 bridgehead atoms. The summed E-state index contributed by atoms with van der Waals surface area (Å²) in [4.78, 5) is 2.46. The van der Waals surface area contributed by atoms with Crippen LogP contribution in [-0.4, -0.2) is 18.0 Å². The second kappa shape index (κ2) is 7.06. The zero-order valence-electron chi connectivity index (χ0n) is 14.9.